The van der Waals surface area contributed by atoms with E-state index in [2.05, 4.69) is 30.9 Å². The standard InChI is InChI=1S/C11H12BrN5O4/c12-2-1-6-5-17(11(20)15-10(6)19)9-3-7(18)8(21-9)4-14-16-13/h1-2,5,7-9,18H,3-4H2,(H,15,19,20)/b2-1+/t7-,8+,9+/m0/s1. The summed E-state index contributed by atoms with van der Waals surface area (Å²) in [5, 5.41) is 13.2. The average Bonchev–Trinajstić information content (AvgIpc) is 2.80. The fourth-order valence-electron chi connectivity index (χ4n) is 2.07. The molecule has 0 amide bonds. The maximum atomic E-state index is 11.8. The Morgan fingerprint density at radius 2 is 2.43 bits per heavy atom. The molecular weight excluding hydrogens is 346 g/mol. The smallest absolute Gasteiger partial charge is 0.330 e. The minimum absolute atomic E-state index is 0.0274. The van der Waals surface area contributed by atoms with E-state index in [0.717, 1.165) is 0 Å². The molecular formula is C11H12BrN5O4. The van der Waals surface area contributed by atoms with Crippen molar-refractivity contribution in [3.8, 4) is 0 Å². The van der Waals surface area contributed by atoms with Gasteiger partial charge >= 0.3 is 5.69 Å². The molecule has 0 saturated carbocycles. The highest BCUT2D eigenvalue weighted by atomic mass is 79.9. The quantitative estimate of drug-likeness (QED) is 0.469. The van der Waals surface area contributed by atoms with Crippen LogP contribution in [-0.4, -0.2) is 33.4 Å². The van der Waals surface area contributed by atoms with Crippen LogP contribution in [0.3, 0.4) is 0 Å². The van der Waals surface area contributed by atoms with E-state index in [9.17, 15) is 14.7 Å². The molecule has 2 heterocycles. The molecule has 0 spiro atoms. The Morgan fingerprint density at radius 1 is 1.67 bits per heavy atom. The van der Waals surface area contributed by atoms with Gasteiger partial charge in [-0.1, -0.05) is 21.0 Å². The lowest BCUT2D eigenvalue weighted by atomic mass is 10.2. The van der Waals surface area contributed by atoms with Gasteiger partial charge in [0, 0.05) is 17.5 Å². The van der Waals surface area contributed by atoms with Crippen LogP contribution in [0.15, 0.2) is 25.9 Å². The van der Waals surface area contributed by atoms with Crippen LogP contribution in [0, 0.1) is 0 Å². The topological polar surface area (TPSA) is 133 Å². The number of rotatable bonds is 4. The number of aliphatic hydroxyl groups excluding tert-OH is 1. The molecule has 1 fully saturated rings. The molecule has 0 aromatic carbocycles. The summed E-state index contributed by atoms with van der Waals surface area (Å²) in [5.41, 5.74) is 7.40. The summed E-state index contributed by atoms with van der Waals surface area (Å²) in [5.74, 6) is 0. The summed E-state index contributed by atoms with van der Waals surface area (Å²) in [4.78, 5) is 29.7. The van der Waals surface area contributed by atoms with E-state index in [-0.39, 0.29) is 18.5 Å². The van der Waals surface area contributed by atoms with Crippen LogP contribution in [0.25, 0.3) is 16.5 Å². The number of azide groups is 1. The Morgan fingerprint density at radius 3 is 3.10 bits per heavy atom. The number of H-pyrrole nitrogens is 1. The summed E-state index contributed by atoms with van der Waals surface area (Å²) < 4.78 is 6.70. The third kappa shape index (κ3) is 3.42. The highest BCUT2D eigenvalue weighted by Crippen LogP contribution is 2.27. The number of aromatic amines is 1. The van der Waals surface area contributed by atoms with Crippen LogP contribution < -0.4 is 11.2 Å². The van der Waals surface area contributed by atoms with Crippen molar-refractivity contribution < 1.29 is 9.84 Å². The van der Waals surface area contributed by atoms with Crippen LogP contribution in [-0.2, 0) is 4.74 Å². The number of ether oxygens (including phenoxy) is 1. The van der Waals surface area contributed by atoms with Crippen molar-refractivity contribution in [1.82, 2.24) is 9.55 Å². The summed E-state index contributed by atoms with van der Waals surface area (Å²) >= 11 is 3.06. The van der Waals surface area contributed by atoms with Gasteiger partial charge in [-0.15, -0.1) is 0 Å². The number of hydrogen-bond acceptors (Lipinski definition) is 5. The van der Waals surface area contributed by atoms with Crippen LogP contribution >= 0.6 is 15.9 Å². The molecule has 1 aromatic heterocycles. The van der Waals surface area contributed by atoms with Crippen molar-refractivity contribution in [3.63, 3.8) is 0 Å². The van der Waals surface area contributed by atoms with E-state index in [1.165, 1.54) is 21.8 Å². The van der Waals surface area contributed by atoms with Gasteiger partial charge in [-0.25, -0.2) is 4.79 Å². The normalized spacial score (nSPS) is 25.1. The van der Waals surface area contributed by atoms with Gasteiger partial charge in [0.2, 0.25) is 0 Å². The lowest BCUT2D eigenvalue weighted by Crippen LogP contribution is -2.33. The van der Waals surface area contributed by atoms with Gasteiger partial charge in [-0.3, -0.25) is 14.3 Å². The number of hydrogen-bond donors (Lipinski definition) is 2. The van der Waals surface area contributed by atoms with E-state index in [1.807, 2.05) is 0 Å². The molecule has 1 aliphatic heterocycles. The van der Waals surface area contributed by atoms with Gasteiger partial charge < -0.3 is 9.84 Å². The molecule has 2 rings (SSSR count). The van der Waals surface area contributed by atoms with Crippen LogP contribution in [0.5, 0.6) is 0 Å². The minimum atomic E-state index is -0.852. The Bertz CT molecular complexity index is 705. The first-order chi connectivity index (χ1) is 10.1. The van der Waals surface area contributed by atoms with Crippen molar-refractivity contribution in [1.29, 1.82) is 0 Å². The zero-order valence-electron chi connectivity index (χ0n) is 10.7. The summed E-state index contributed by atoms with van der Waals surface area (Å²) in [6.45, 7) is -0.0274. The number of aromatic nitrogens is 2. The van der Waals surface area contributed by atoms with Gasteiger partial charge in [0.05, 0.1) is 24.3 Å². The average molecular weight is 358 g/mol. The molecule has 21 heavy (non-hydrogen) atoms. The van der Waals surface area contributed by atoms with E-state index >= 15 is 0 Å². The second kappa shape index (κ2) is 6.72. The largest absolute Gasteiger partial charge is 0.390 e. The molecule has 3 atom stereocenters. The Kier molecular flexibility index (Phi) is 4.97. The van der Waals surface area contributed by atoms with Gasteiger partial charge in [0.15, 0.2) is 0 Å². The van der Waals surface area contributed by atoms with Crippen molar-refractivity contribution >= 4 is 22.0 Å². The maximum Gasteiger partial charge on any atom is 0.330 e. The lowest BCUT2D eigenvalue weighted by molar-refractivity contribution is -0.0151. The van der Waals surface area contributed by atoms with Crippen LogP contribution in [0.2, 0.25) is 0 Å². The minimum Gasteiger partial charge on any atom is -0.390 e. The van der Waals surface area contributed by atoms with Gasteiger partial charge in [-0.05, 0) is 16.6 Å². The second-order valence-electron chi connectivity index (χ2n) is 4.39. The number of nitrogens with one attached hydrogen (secondary N) is 1. The molecule has 1 aromatic rings. The molecule has 1 aliphatic rings. The molecule has 9 nitrogen and oxygen atoms in total. The maximum absolute atomic E-state index is 11.8. The molecule has 10 heteroatoms. The van der Waals surface area contributed by atoms with Gasteiger partial charge in [0.25, 0.3) is 5.56 Å². The van der Waals surface area contributed by atoms with Crippen molar-refractivity contribution in [2.45, 2.75) is 24.9 Å². The monoisotopic (exact) mass is 357 g/mol. The molecule has 2 N–H and O–H groups in total. The molecule has 112 valence electrons. The molecule has 0 radical (unpaired) electrons. The Labute approximate surface area is 126 Å². The zero-order valence-corrected chi connectivity index (χ0v) is 12.3. The number of halogens is 1. The van der Waals surface area contributed by atoms with E-state index in [1.54, 1.807) is 0 Å². The SMILES string of the molecule is [N-]=[N+]=NC[C@H]1O[C@@H](n2cc(/C=C/Br)c(=O)[nH]c2=O)C[C@@H]1O. The molecule has 0 unspecified atom stereocenters. The van der Waals surface area contributed by atoms with Gasteiger partial charge in [-0.2, -0.15) is 0 Å². The third-order valence-electron chi connectivity index (χ3n) is 3.08. The van der Waals surface area contributed by atoms with Crippen LogP contribution in [0.1, 0.15) is 18.2 Å². The number of aliphatic hydroxyl groups is 1. The predicted octanol–water partition coefficient (Wildman–Crippen LogP) is 0.861. The second-order valence-corrected chi connectivity index (χ2v) is 4.92. The Hall–Kier alpha value is -1.87. The van der Waals surface area contributed by atoms with E-state index in [0.29, 0.717) is 0 Å². The van der Waals surface area contributed by atoms with Crippen molar-refractivity contribution in [2.75, 3.05) is 6.54 Å². The molecule has 0 aliphatic carbocycles. The predicted molar refractivity (Wildman–Crippen MR) is 77.8 cm³/mol. The van der Waals surface area contributed by atoms with Gasteiger partial charge in [0.1, 0.15) is 6.23 Å². The van der Waals surface area contributed by atoms with Crippen molar-refractivity contribution in [2.24, 2.45) is 5.11 Å². The van der Waals surface area contributed by atoms with Crippen molar-refractivity contribution in [3.05, 3.63) is 48.0 Å². The first-order valence-corrected chi connectivity index (χ1v) is 6.95. The first-order valence-electron chi connectivity index (χ1n) is 6.03. The molecule has 1 saturated heterocycles. The third-order valence-corrected chi connectivity index (χ3v) is 3.34. The van der Waals surface area contributed by atoms with E-state index in [4.69, 9.17) is 10.3 Å². The highest BCUT2D eigenvalue weighted by molar-refractivity contribution is 9.11. The van der Waals surface area contributed by atoms with Crippen LogP contribution in [0.4, 0.5) is 0 Å². The van der Waals surface area contributed by atoms with E-state index < -0.39 is 29.7 Å². The summed E-state index contributed by atoms with van der Waals surface area (Å²) in [6, 6.07) is 0. The Balaban J connectivity index is 2.31. The lowest BCUT2D eigenvalue weighted by Gasteiger charge is -2.14. The first kappa shape index (κ1) is 15.5. The summed E-state index contributed by atoms with van der Waals surface area (Å²) in [6.07, 6.45) is 0.735. The fraction of sp³-hybridized carbons (Fsp3) is 0.455. The zero-order chi connectivity index (χ0) is 15.4. The number of nitrogens with zero attached hydrogens (tertiary/aromatic N) is 4. The fourth-order valence-corrected chi connectivity index (χ4v) is 2.35. The molecule has 0 bridgehead atoms. The highest BCUT2D eigenvalue weighted by Gasteiger charge is 2.35. The summed E-state index contributed by atoms with van der Waals surface area (Å²) in [7, 11) is 0.